The quantitative estimate of drug-likeness (QED) is 0.307. The largest absolute Gasteiger partial charge is 0.493 e. The summed E-state index contributed by atoms with van der Waals surface area (Å²) in [4.78, 5) is 25.9. The van der Waals surface area contributed by atoms with Crippen molar-refractivity contribution in [1.82, 2.24) is 0 Å². The van der Waals surface area contributed by atoms with E-state index in [1.807, 2.05) is 0 Å². The van der Waals surface area contributed by atoms with Gasteiger partial charge in [-0.15, -0.1) is 0 Å². The highest BCUT2D eigenvalue weighted by atomic mass is 79.9. The van der Waals surface area contributed by atoms with Crippen molar-refractivity contribution in [3.63, 3.8) is 0 Å². The number of benzene rings is 3. The molecule has 0 amide bonds. The zero-order chi connectivity index (χ0) is 25.7. The normalized spacial score (nSPS) is 13.7. The van der Waals surface area contributed by atoms with Gasteiger partial charge in [-0.05, 0) is 79.4 Å². The smallest absolute Gasteiger partial charge is 0.344 e. The first-order valence-corrected chi connectivity index (χ1v) is 12.1. The Morgan fingerprint density at radius 2 is 0.972 bits per heavy atom. The zero-order valence-electron chi connectivity index (χ0n) is 19.5. The molecule has 0 aromatic heterocycles. The van der Waals surface area contributed by atoms with Crippen molar-refractivity contribution < 1.29 is 38.0 Å². The summed E-state index contributed by atoms with van der Waals surface area (Å²) in [5, 5.41) is 1.00. The third-order valence-electron chi connectivity index (χ3n) is 5.88. The number of rotatable bonds is 6. The summed E-state index contributed by atoms with van der Waals surface area (Å²) < 4.78 is 34.0. The van der Waals surface area contributed by atoms with Gasteiger partial charge in [0, 0.05) is 10.4 Å². The van der Waals surface area contributed by atoms with E-state index in [9.17, 15) is 9.59 Å². The van der Waals surface area contributed by atoms with Crippen molar-refractivity contribution in [3.8, 4) is 34.5 Å². The molecule has 0 spiro atoms. The standard InChI is InChI=1S/C26H18Br2O8/c1-31-19-7-11(5-15(27)23(19)33-3)21-13-9-18-14(10-17(13)35-25(21)29)22(26(30)36-18)12-6-16(28)24(34-4)20(8-12)32-2/h5-10H,1-4H3. The van der Waals surface area contributed by atoms with Crippen LogP contribution in [-0.2, 0) is 9.59 Å². The number of hydrogen-bond donors (Lipinski definition) is 0. The molecular formula is C26H18Br2O8. The molecule has 2 heterocycles. The highest BCUT2D eigenvalue weighted by molar-refractivity contribution is 9.11. The van der Waals surface area contributed by atoms with E-state index in [0.29, 0.717) is 76.2 Å². The van der Waals surface area contributed by atoms with Crippen molar-refractivity contribution in [2.75, 3.05) is 28.4 Å². The summed E-state index contributed by atoms with van der Waals surface area (Å²) in [5.41, 5.74) is 1.74. The fourth-order valence-corrected chi connectivity index (χ4v) is 5.52. The van der Waals surface area contributed by atoms with Crippen LogP contribution in [0.25, 0.3) is 11.1 Å². The van der Waals surface area contributed by atoms with Crippen LogP contribution in [0.1, 0.15) is 11.1 Å². The van der Waals surface area contributed by atoms with E-state index in [1.54, 1.807) is 36.4 Å². The molecule has 0 radical (unpaired) electrons. The number of carbonyl (C=O) groups excluding carboxylic acids is 2. The minimum Gasteiger partial charge on any atom is -0.493 e. The third kappa shape index (κ3) is 3.72. The van der Waals surface area contributed by atoms with Crippen molar-refractivity contribution in [1.29, 1.82) is 0 Å². The summed E-state index contributed by atoms with van der Waals surface area (Å²) in [6.45, 7) is 0. The number of ether oxygens (including phenoxy) is 6. The maximum Gasteiger partial charge on any atom is 0.344 e. The molecule has 0 bridgehead atoms. The zero-order valence-corrected chi connectivity index (χ0v) is 22.7. The minimum atomic E-state index is -0.533. The van der Waals surface area contributed by atoms with Crippen LogP contribution in [0.4, 0.5) is 0 Å². The third-order valence-corrected chi connectivity index (χ3v) is 7.06. The Kier molecular flexibility index (Phi) is 6.17. The first-order chi connectivity index (χ1) is 17.3. The molecule has 3 aromatic carbocycles. The topological polar surface area (TPSA) is 89.5 Å². The molecule has 0 saturated heterocycles. The second-order valence-corrected chi connectivity index (χ2v) is 9.47. The molecule has 3 aromatic rings. The van der Waals surface area contributed by atoms with Crippen molar-refractivity contribution in [3.05, 3.63) is 66.9 Å². The summed E-state index contributed by atoms with van der Waals surface area (Å²) in [5.74, 6) is 1.44. The molecule has 10 heteroatoms. The van der Waals surface area contributed by atoms with Gasteiger partial charge in [-0.2, -0.15) is 0 Å². The van der Waals surface area contributed by atoms with Gasteiger partial charge >= 0.3 is 11.9 Å². The molecule has 0 unspecified atom stereocenters. The highest BCUT2D eigenvalue weighted by Crippen LogP contribution is 2.40. The van der Waals surface area contributed by atoms with E-state index < -0.39 is 11.9 Å². The van der Waals surface area contributed by atoms with Crippen LogP contribution in [0.15, 0.2) is 45.3 Å². The van der Waals surface area contributed by atoms with Crippen LogP contribution in [0.3, 0.4) is 0 Å². The molecule has 184 valence electrons. The summed E-state index contributed by atoms with van der Waals surface area (Å²) in [6, 6.07) is 10.1. The lowest BCUT2D eigenvalue weighted by Gasteiger charge is -2.11. The maximum atomic E-state index is 12.9. The lowest BCUT2D eigenvalue weighted by atomic mass is 10.0. The fraction of sp³-hybridized carbons (Fsp3) is 0.154. The van der Waals surface area contributed by atoms with Crippen molar-refractivity contribution in [2.24, 2.45) is 0 Å². The summed E-state index contributed by atoms with van der Waals surface area (Å²) in [6.07, 6.45) is 0. The predicted octanol–water partition coefficient (Wildman–Crippen LogP) is 3.48. The van der Waals surface area contributed by atoms with E-state index in [4.69, 9.17) is 28.4 Å². The molecule has 0 atom stereocenters. The molecule has 0 saturated carbocycles. The monoisotopic (exact) mass is 616 g/mol. The molecule has 0 N–H and O–H groups in total. The number of halogens is 2. The van der Waals surface area contributed by atoms with Crippen molar-refractivity contribution in [2.45, 2.75) is 0 Å². The number of hydrogen-bond acceptors (Lipinski definition) is 8. The van der Waals surface area contributed by atoms with Crippen LogP contribution >= 0.6 is 31.9 Å². The van der Waals surface area contributed by atoms with Crippen LogP contribution in [0.2, 0.25) is 0 Å². The number of methoxy groups -OCH3 is 4. The average molecular weight is 618 g/mol. The molecule has 5 rings (SSSR count). The number of fused-ring (bicyclic) bond motifs is 2. The Morgan fingerprint density at radius 3 is 1.31 bits per heavy atom. The molecule has 2 aliphatic rings. The van der Waals surface area contributed by atoms with E-state index >= 15 is 0 Å². The van der Waals surface area contributed by atoms with Crippen LogP contribution in [0.5, 0.6) is 34.5 Å². The molecule has 36 heavy (non-hydrogen) atoms. The number of esters is 2. The van der Waals surface area contributed by atoms with Gasteiger partial charge < -0.3 is 28.4 Å². The molecule has 2 aliphatic heterocycles. The van der Waals surface area contributed by atoms with Gasteiger partial charge in [0.05, 0.1) is 48.5 Å². The lowest BCUT2D eigenvalue weighted by Crippen LogP contribution is -2.11. The Hall–Kier alpha value is -3.50. The molecule has 0 aliphatic carbocycles. The van der Waals surface area contributed by atoms with Crippen molar-refractivity contribution >= 4 is 54.9 Å². The minimum absolute atomic E-state index is 0.313. The van der Waals surface area contributed by atoms with Gasteiger partial charge in [0.25, 0.3) is 0 Å². The van der Waals surface area contributed by atoms with E-state index in [-0.39, 0.29) is 0 Å². The van der Waals surface area contributed by atoms with Gasteiger partial charge in [0.15, 0.2) is 23.0 Å². The summed E-state index contributed by atoms with van der Waals surface area (Å²) >= 11 is 6.92. The lowest BCUT2D eigenvalue weighted by molar-refractivity contribution is -0.128. The van der Waals surface area contributed by atoms with Gasteiger partial charge in [-0.1, -0.05) is 0 Å². The van der Waals surface area contributed by atoms with Gasteiger partial charge in [0.2, 0.25) is 0 Å². The highest BCUT2D eigenvalue weighted by Gasteiger charge is 2.32. The van der Waals surface area contributed by atoms with Gasteiger partial charge in [-0.3, -0.25) is 0 Å². The average Bonchev–Trinajstić information content (AvgIpc) is 3.34. The molecular weight excluding hydrogens is 600 g/mol. The first kappa shape index (κ1) is 24.2. The summed E-state index contributed by atoms with van der Waals surface area (Å²) in [7, 11) is 6.07. The Bertz CT molecular complexity index is 1470. The predicted molar refractivity (Wildman–Crippen MR) is 136 cm³/mol. The van der Waals surface area contributed by atoms with Gasteiger partial charge in [-0.25, -0.2) is 9.59 Å². The van der Waals surface area contributed by atoms with E-state index in [2.05, 4.69) is 31.9 Å². The second kappa shape index (κ2) is 9.18. The van der Waals surface area contributed by atoms with E-state index in [0.717, 1.165) is 0 Å². The van der Waals surface area contributed by atoms with E-state index in [1.165, 1.54) is 28.4 Å². The maximum absolute atomic E-state index is 12.9. The van der Waals surface area contributed by atoms with Crippen LogP contribution in [-0.4, -0.2) is 40.4 Å². The SMILES string of the molecule is COc1cc(C2=c3cc4c(cc3OC2=O)=C(c2cc(Br)c(OC)c(OC)c2)C(=O)O4)cc(Br)c1OC. The Balaban J connectivity index is 1.74. The fourth-order valence-electron chi connectivity index (χ4n) is 4.31. The Labute approximate surface area is 222 Å². The number of carbonyl (C=O) groups is 2. The van der Waals surface area contributed by atoms with Crippen LogP contribution < -0.4 is 38.9 Å². The van der Waals surface area contributed by atoms with Gasteiger partial charge in [0.1, 0.15) is 11.5 Å². The molecule has 0 fully saturated rings. The second-order valence-electron chi connectivity index (χ2n) is 7.76. The Morgan fingerprint density at radius 1 is 0.583 bits per heavy atom. The van der Waals surface area contributed by atoms with Crippen LogP contribution in [0, 0.1) is 0 Å². The molecule has 8 nitrogen and oxygen atoms in total. The first-order valence-electron chi connectivity index (χ1n) is 10.5.